The smallest absolute Gasteiger partial charge is 0.275 e. The minimum absolute atomic E-state index is 0.0756. The van der Waals surface area contributed by atoms with Gasteiger partial charge in [-0.1, -0.05) is 12.1 Å². The van der Waals surface area contributed by atoms with Crippen LogP contribution in [-0.4, -0.2) is 73.5 Å². The number of ether oxygens (including phenoxy) is 1. The second-order valence-corrected chi connectivity index (χ2v) is 10.1. The first-order valence-electron chi connectivity index (χ1n) is 10.1. The Hall–Kier alpha value is -2.59. The molecule has 2 aromatic rings. The molecular weight excluding hydrogens is 406 g/mol. The molecule has 0 radical (unpaired) electrons. The van der Waals surface area contributed by atoms with Crippen LogP contribution in [0.15, 0.2) is 41.3 Å². The molecule has 9 nitrogen and oxygen atoms in total. The van der Waals surface area contributed by atoms with Crippen molar-refractivity contribution in [1.29, 1.82) is 0 Å². The van der Waals surface area contributed by atoms with Gasteiger partial charge in [0.1, 0.15) is 19.2 Å². The summed E-state index contributed by atoms with van der Waals surface area (Å²) in [5.41, 5.74) is 1.75. The molecule has 3 heterocycles. The van der Waals surface area contributed by atoms with Crippen molar-refractivity contribution in [2.45, 2.75) is 25.3 Å². The fourth-order valence-electron chi connectivity index (χ4n) is 3.82. The number of carbonyl (C=O) groups excluding carboxylic acids is 2. The van der Waals surface area contributed by atoms with Crippen molar-refractivity contribution in [3.8, 4) is 0 Å². The predicted molar refractivity (Wildman–Crippen MR) is 110 cm³/mol. The van der Waals surface area contributed by atoms with Gasteiger partial charge in [-0.2, -0.15) is 9.46 Å². The molecule has 10 heteroatoms. The number of nitrogens with zero attached hydrogens (tertiary/aromatic N) is 5. The average molecular weight is 432 g/mol. The zero-order valence-electron chi connectivity index (χ0n) is 16.7. The van der Waals surface area contributed by atoms with Crippen LogP contribution in [0.1, 0.15) is 34.7 Å². The summed E-state index contributed by atoms with van der Waals surface area (Å²) >= 11 is 0. The summed E-state index contributed by atoms with van der Waals surface area (Å²) in [7, 11) is -2.70. The fraction of sp³-hybridized carbons (Fsp3) is 0.500. The predicted octanol–water partition coefficient (Wildman–Crippen LogP) is 1.32. The molecule has 0 aliphatic carbocycles. The number of amides is 2. The summed E-state index contributed by atoms with van der Waals surface area (Å²) in [6.07, 6.45) is 4.25. The van der Waals surface area contributed by atoms with Crippen LogP contribution in [0.4, 0.5) is 0 Å². The van der Waals surface area contributed by atoms with Gasteiger partial charge in [0.25, 0.3) is 11.8 Å². The van der Waals surface area contributed by atoms with E-state index in [1.807, 2.05) is 24.3 Å². The van der Waals surface area contributed by atoms with E-state index in [0.29, 0.717) is 43.4 Å². The standard InChI is InChI=1S/C20H25N5O4S/c26-19(12-25-15-21-14-22-25)23-30(28)9-2-6-24(7-10-30)20(27)17-4-1-3-16(11-17)18-5-8-29-13-18/h1,3-4,11,14-15,18H,2,5-10,12-13H2. The third-order valence-corrected chi connectivity index (χ3v) is 7.71. The SMILES string of the molecule is O=C(Cn1cncn1)N=S1(=O)CCCN(C(=O)c2cccc(C3CCOC3)c2)CC1. The number of benzene rings is 1. The molecule has 1 aromatic carbocycles. The molecule has 2 aliphatic rings. The van der Waals surface area contributed by atoms with Crippen LogP contribution in [0.25, 0.3) is 0 Å². The first-order valence-corrected chi connectivity index (χ1v) is 11.9. The average Bonchev–Trinajstić information content (AvgIpc) is 3.41. The lowest BCUT2D eigenvalue weighted by Gasteiger charge is -2.20. The van der Waals surface area contributed by atoms with Gasteiger partial charge in [0.05, 0.1) is 16.3 Å². The van der Waals surface area contributed by atoms with Gasteiger partial charge in [-0.15, -0.1) is 0 Å². The van der Waals surface area contributed by atoms with E-state index >= 15 is 0 Å². The molecule has 2 atom stereocenters. The Labute approximate surface area is 175 Å². The van der Waals surface area contributed by atoms with Crippen LogP contribution in [0, 0.1) is 0 Å². The molecule has 0 spiro atoms. The monoisotopic (exact) mass is 431 g/mol. The van der Waals surface area contributed by atoms with Crippen LogP contribution in [-0.2, 0) is 25.8 Å². The third-order valence-electron chi connectivity index (χ3n) is 5.43. The van der Waals surface area contributed by atoms with E-state index in [1.165, 1.54) is 17.3 Å². The highest BCUT2D eigenvalue weighted by atomic mass is 32.2. The minimum atomic E-state index is -2.70. The molecule has 2 unspecified atom stereocenters. The van der Waals surface area contributed by atoms with Crippen molar-refractivity contribution in [3.05, 3.63) is 48.0 Å². The molecule has 0 bridgehead atoms. The zero-order chi connectivity index (χ0) is 21.0. The molecule has 4 rings (SSSR count). The number of rotatable bonds is 4. The summed E-state index contributed by atoms with van der Waals surface area (Å²) in [4.78, 5) is 30.7. The molecule has 0 N–H and O–H groups in total. The topological polar surface area (TPSA) is 107 Å². The van der Waals surface area contributed by atoms with Crippen LogP contribution in [0.5, 0.6) is 0 Å². The van der Waals surface area contributed by atoms with E-state index < -0.39 is 15.6 Å². The summed E-state index contributed by atoms with van der Waals surface area (Å²) in [6, 6.07) is 7.69. The summed E-state index contributed by atoms with van der Waals surface area (Å²) in [5.74, 6) is 0.262. The van der Waals surface area contributed by atoms with Crippen LogP contribution in [0.3, 0.4) is 0 Å². The van der Waals surface area contributed by atoms with Gasteiger partial charge < -0.3 is 9.64 Å². The molecule has 2 fully saturated rings. The number of hydrogen-bond acceptors (Lipinski definition) is 6. The van der Waals surface area contributed by atoms with Gasteiger partial charge in [-0.3, -0.25) is 9.59 Å². The van der Waals surface area contributed by atoms with Gasteiger partial charge in [0.2, 0.25) is 0 Å². The number of carbonyl (C=O) groups is 2. The molecule has 0 saturated carbocycles. The highest BCUT2D eigenvalue weighted by molar-refractivity contribution is 7.93. The minimum Gasteiger partial charge on any atom is -0.381 e. The molecule has 160 valence electrons. The first-order chi connectivity index (χ1) is 14.5. The van der Waals surface area contributed by atoms with Crippen molar-refractivity contribution in [1.82, 2.24) is 19.7 Å². The Kier molecular flexibility index (Phi) is 6.24. The van der Waals surface area contributed by atoms with E-state index in [0.717, 1.165) is 18.6 Å². The maximum atomic E-state index is 13.1. The van der Waals surface area contributed by atoms with E-state index in [2.05, 4.69) is 14.4 Å². The van der Waals surface area contributed by atoms with E-state index in [9.17, 15) is 13.8 Å². The van der Waals surface area contributed by atoms with Gasteiger partial charge in [-0.05, 0) is 30.5 Å². The van der Waals surface area contributed by atoms with Crippen LogP contribution < -0.4 is 0 Å². The lowest BCUT2D eigenvalue weighted by atomic mass is 9.96. The summed E-state index contributed by atoms with van der Waals surface area (Å²) in [6.45, 7) is 2.17. The lowest BCUT2D eigenvalue weighted by Crippen LogP contribution is -2.33. The molecule has 1 aromatic heterocycles. The fourth-order valence-corrected chi connectivity index (χ4v) is 5.72. The Bertz CT molecular complexity index is 1020. The Morgan fingerprint density at radius 3 is 2.93 bits per heavy atom. The molecular formula is C20H25N5O4S. The number of hydrogen-bond donors (Lipinski definition) is 0. The molecule has 2 saturated heterocycles. The van der Waals surface area contributed by atoms with Crippen molar-refractivity contribution in [3.63, 3.8) is 0 Å². The highest BCUT2D eigenvalue weighted by Crippen LogP contribution is 2.26. The second kappa shape index (κ2) is 9.05. The molecule has 2 amide bonds. The van der Waals surface area contributed by atoms with Gasteiger partial charge in [0, 0.05) is 42.7 Å². The zero-order valence-corrected chi connectivity index (χ0v) is 17.5. The Morgan fingerprint density at radius 2 is 2.17 bits per heavy atom. The maximum Gasteiger partial charge on any atom is 0.275 e. The third kappa shape index (κ3) is 4.93. The Morgan fingerprint density at radius 1 is 1.27 bits per heavy atom. The normalized spacial score (nSPS) is 24.4. The van der Waals surface area contributed by atoms with Crippen LogP contribution >= 0.6 is 0 Å². The summed E-state index contributed by atoms with van der Waals surface area (Å²) < 4.78 is 23.9. The summed E-state index contributed by atoms with van der Waals surface area (Å²) in [5, 5.41) is 3.87. The van der Waals surface area contributed by atoms with Gasteiger partial charge >= 0.3 is 0 Å². The van der Waals surface area contributed by atoms with E-state index in [4.69, 9.17) is 4.74 Å². The van der Waals surface area contributed by atoms with Crippen molar-refractivity contribution < 1.29 is 18.5 Å². The largest absolute Gasteiger partial charge is 0.381 e. The molecule has 2 aliphatic heterocycles. The van der Waals surface area contributed by atoms with Crippen molar-refractivity contribution in [2.24, 2.45) is 4.36 Å². The molecule has 30 heavy (non-hydrogen) atoms. The quantitative estimate of drug-likeness (QED) is 0.723. The van der Waals surface area contributed by atoms with Crippen molar-refractivity contribution >= 4 is 21.5 Å². The van der Waals surface area contributed by atoms with E-state index in [-0.39, 0.29) is 18.2 Å². The van der Waals surface area contributed by atoms with Crippen molar-refractivity contribution in [2.75, 3.05) is 37.8 Å². The maximum absolute atomic E-state index is 13.1. The van der Waals surface area contributed by atoms with Gasteiger partial charge in [-0.25, -0.2) is 13.9 Å². The lowest BCUT2D eigenvalue weighted by molar-refractivity contribution is -0.118. The number of aromatic nitrogens is 3. The second-order valence-electron chi connectivity index (χ2n) is 7.59. The Balaban J connectivity index is 1.43. The first kappa shape index (κ1) is 20.7. The highest BCUT2D eigenvalue weighted by Gasteiger charge is 2.25. The van der Waals surface area contributed by atoms with Crippen LogP contribution in [0.2, 0.25) is 0 Å². The van der Waals surface area contributed by atoms with Gasteiger partial charge in [0.15, 0.2) is 0 Å². The van der Waals surface area contributed by atoms with E-state index in [1.54, 1.807) is 4.90 Å².